The van der Waals surface area contributed by atoms with Crippen LogP contribution in [0, 0.1) is 11.8 Å². The molecule has 1 saturated heterocycles. The van der Waals surface area contributed by atoms with Crippen LogP contribution >= 0.6 is 23.2 Å². The van der Waals surface area contributed by atoms with Gasteiger partial charge in [0.1, 0.15) is 69.1 Å². The second-order valence-corrected chi connectivity index (χ2v) is 18.1. The van der Waals surface area contributed by atoms with Gasteiger partial charge in [0.15, 0.2) is 18.4 Å². The molecule has 0 bridgehead atoms. The smallest absolute Gasteiger partial charge is 0.342 e. The van der Waals surface area contributed by atoms with Gasteiger partial charge in [0, 0.05) is 53.0 Å². The average Bonchev–Trinajstić information content (AvgIpc) is 4.00. The Hall–Kier alpha value is -4.97. The zero-order valence-corrected chi connectivity index (χ0v) is 39.5. The summed E-state index contributed by atoms with van der Waals surface area (Å²) in [6, 6.07) is 6.46. The van der Waals surface area contributed by atoms with Crippen LogP contribution in [0.5, 0.6) is 11.5 Å². The number of alkyl halides is 2. The Morgan fingerprint density at radius 3 is 1.92 bits per heavy atom. The summed E-state index contributed by atoms with van der Waals surface area (Å²) in [5.41, 5.74) is 2.22. The van der Waals surface area contributed by atoms with Gasteiger partial charge in [-0.25, -0.2) is 9.59 Å². The van der Waals surface area contributed by atoms with Crippen LogP contribution in [0.3, 0.4) is 0 Å². The zero-order valence-electron chi connectivity index (χ0n) is 38.0. The summed E-state index contributed by atoms with van der Waals surface area (Å²) in [6.45, 7) is 12.5. The molecule has 3 aliphatic rings. The highest BCUT2D eigenvalue weighted by Crippen LogP contribution is 2.37. The molecule has 0 amide bonds. The Morgan fingerprint density at radius 2 is 1.32 bits per heavy atom. The SMILES string of the molecule is CC(Cl)Cl.COCOc1cc2occc2c2c1C(=O)O[C@@H](C)[C@H](C)/C=C\C(O)[C@H]1OC(C)(C)O[C@H]1CC=C2.C[C@@H]1/C=C\C(=O)[C@@H](O)[C@@H](O)C/C=C/c2c(c(O)cc3occc23)C(=O)O[C@H]1C. The van der Waals surface area contributed by atoms with E-state index >= 15 is 0 Å². The highest BCUT2D eigenvalue weighted by atomic mass is 35.5. The fourth-order valence-corrected chi connectivity index (χ4v) is 7.27. The first-order valence-corrected chi connectivity index (χ1v) is 22.3. The molecule has 5 heterocycles. The molecule has 0 spiro atoms. The molecular formula is C49H58Cl2O15. The molecule has 9 atom stereocenters. The van der Waals surface area contributed by atoms with Crippen molar-refractivity contribution in [3.05, 3.63) is 95.5 Å². The maximum absolute atomic E-state index is 13.4. The van der Waals surface area contributed by atoms with Crippen molar-refractivity contribution in [2.24, 2.45) is 11.8 Å². The second-order valence-electron chi connectivity index (χ2n) is 16.6. The number of hydrogen-bond acceptors (Lipinski definition) is 15. The van der Waals surface area contributed by atoms with E-state index in [1.165, 1.54) is 43.7 Å². The number of benzene rings is 2. The summed E-state index contributed by atoms with van der Waals surface area (Å²) in [4.78, 5) is 38.0. The van der Waals surface area contributed by atoms with Gasteiger partial charge in [-0.05, 0) is 65.7 Å². The third-order valence-electron chi connectivity index (χ3n) is 11.1. The predicted molar refractivity (Wildman–Crippen MR) is 248 cm³/mol. The van der Waals surface area contributed by atoms with E-state index < -0.39 is 60.1 Å². The standard InChI is InChI=1S/C26H32O8.C21H22O7.C2H4Cl2/c1-15-9-10-19(27)24-20(33-26(3,4)34-24)8-6-7-18-17-11-12-30-21(17)13-22(31-14-29-5)23(18)25(28)32-16(15)2;1-11-6-7-16(23)20(25)15(22)5-3-4-14-13-8-9-27-18(13)10-17(24)19(14)21(26)28-12(11)2;1-2(3)4/h6-7,9-13,15-16,19-20,24,27H,8,14H2,1-5H3;3-4,6-12,15,20,22,24-25H,5H2,1-2H3;2H,1H3/b7-6?,10-9-;4-3+,7-6-;/t15-,16+,19?,20+,24-;11-,12+,15+,20+;/m11./s1. The molecule has 17 heteroatoms. The quantitative estimate of drug-likeness (QED) is 0.0653. The van der Waals surface area contributed by atoms with Crippen molar-refractivity contribution in [2.75, 3.05) is 13.9 Å². The number of fused-ring (bicyclic) bond motifs is 7. The number of ketones is 1. The number of phenolic OH excluding ortho intramolecular Hbond substituents is 1. The Labute approximate surface area is 393 Å². The van der Waals surface area contributed by atoms with E-state index in [4.69, 9.17) is 60.5 Å². The number of carbonyl (C=O) groups is 3. The number of hydrogen-bond donors (Lipinski definition) is 4. The minimum Gasteiger partial charge on any atom is -0.507 e. The summed E-state index contributed by atoms with van der Waals surface area (Å²) in [6.07, 6.45) is 10.7. The van der Waals surface area contributed by atoms with Crippen LogP contribution in [-0.2, 0) is 28.5 Å². The van der Waals surface area contributed by atoms with Crippen LogP contribution < -0.4 is 4.74 Å². The summed E-state index contributed by atoms with van der Waals surface area (Å²) >= 11 is 10.1. The Bertz CT molecular complexity index is 2420. The number of esters is 2. The minimum absolute atomic E-state index is 0.0173. The van der Waals surface area contributed by atoms with E-state index in [2.05, 4.69) is 0 Å². The summed E-state index contributed by atoms with van der Waals surface area (Å²) in [5, 5.41) is 42.6. The number of furan rings is 2. The lowest BCUT2D eigenvalue weighted by Crippen LogP contribution is -2.34. The van der Waals surface area contributed by atoms with Crippen LogP contribution in [0.1, 0.15) is 93.2 Å². The Kier molecular flexibility index (Phi) is 18.3. The molecular weight excluding hydrogens is 899 g/mol. The number of aliphatic hydroxyl groups is 3. The number of cyclic esters (lactones) is 2. The van der Waals surface area contributed by atoms with Crippen molar-refractivity contribution in [3.8, 4) is 11.5 Å². The molecule has 1 unspecified atom stereocenters. The third-order valence-corrected chi connectivity index (χ3v) is 11.1. The molecule has 3 aliphatic heterocycles. The van der Waals surface area contributed by atoms with Gasteiger partial charge in [0.25, 0.3) is 0 Å². The topological polar surface area (TPSA) is 214 Å². The van der Waals surface area contributed by atoms with Gasteiger partial charge in [-0.15, -0.1) is 23.2 Å². The fourth-order valence-electron chi connectivity index (χ4n) is 7.27. The summed E-state index contributed by atoms with van der Waals surface area (Å²) in [5.74, 6) is -3.14. The van der Waals surface area contributed by atoms with Crippen molar-refractivity contribution in [1.29, 1.82) is 0 Å². The number of aromatic hydroxyl groups is 1. The molecule has 15 nitrogen and oxygen atoms in total. The van der Waals surface area contributed by atoms with Gasteiger partial charge in [-0.2, -0.15) is 0 Å². The maximum Gasteiger partial charge on any atom is 0.342 e. The average molecular weight is 958 g/mol. The van der Waals surface area contributed by atoms with Crippen LogP contribution in [0.2, 0.25) is 0 Å². The van der Waals surface area contributed by atoms with E-state index in [0.717, 1.165) is 5.39 Å². The highest BCUT2D eigenvalue weighted by molar-refractivity contribution is 6.43. The molecule has 0 saturated carbocycles. The van der Waals surface area contributed by atoms with E-state index in [1.54, 1.807) is 51.3 Å². The van der Waals surface area contributed by atoms with Gasteiger partial charge in [-0.3, -0.25) is 4.79 Å². The number of aliphatic hydroxyl groups excluding tert-OH is 3. The Balaban J connectivity index is 0.000000233. The monoisotopic (exact) mass is 956 g/mol. The number of methoxy groups -OCH3 is 1. The number of halogens is 2. The van der Waals surface area contributed by atoms with E-state index in [1.807, 2.05) is 45.9 Å². The molecule has 66 heavy (non-hydrogen) atoms. The number of rotatable bonds is 3. The summed E-state index contributed by atoms with van der Waals surface area (Å²) in [7, 11) is 1.51. The molecule has 4 N–H and O–H groups in total. The first-order valence-electron chi connectivity index (χ1n) is 21.4. The van der Waals surface area contributed by atoms with Crippen molar-refractivity contribution in [2.45, 2.75) is 115 Å². The van der Waals surface area contributed by atoms with Gasteiger partial charge in [-0.1, -0.05) is 56.4 Å². The van der Waals surface area contributed by atoms with Crippen molar-refractivity contribution in [1.82, 2.24) is 0 Å². The molecule has 0 radical (unpaired) electrons. The van der Waals surface area contributed by atoms with Crippen LogP contribution in [0.15, 0.2) is 82.1 Å². The highest BCUT2D eigenvalue weighted by Gasteiger charge is 2.43. The lowest BCUT2D eigenvalue weighted by Gasteiger charge is -2.23. The van der Waals surface area contributed by atoms with Crippen molar-refractivity contribution < 1.29 is 72.1 Å². The van der Waals surface area contributed by atoms with Crippen molar-refractivity contribution >= 4 is 75.0 Å². The van der Waals surface area contributed by atoms with E-state index in [-0.39, 0.29) is 47.3 Å². The van der Waals surface area contributed by atoms with Gasteiger partial charge >= 0.3 is 11.9 Å². The fraction of sp³-hybridized carbons (Fsp3) is 0.449. The first-order chi connectivity index (χ1) is 31.2. The first kappa shape index (κ1) is 52.0. The largest absolute Gasteiger partial charge is 0.507 e. The molecule has 2 aromatic heterocycles. The van der Waals surface area contributed by atoms with Crippen LogP contribution in [-0.4, -0.2) is 105 Å². The predicted octanol–water partition coefficient (Wildman–Crippen LogP) is 8.84. The lowest BCUT2D eigenvalue weighted by molar-refractivity contribution is -0.152. The second kappa shape index (κ2) is 23.2. The maximum atomic E-state index is 13.4. The van der Waals surface area contributed by atoms with Gasteiger partial charge in [0.2, 0.25) is 0 Å². The molecule has 7 rings (SSSR count). The van der Waals surface area contributed by atoms with E-state index in [9.17, 15) is 34.8 Å². The van der Waals surface area contributed by atoms with Crippen LogP contribution in [0.25, 0.3) is 34.1 Å². The number of carbonyl (C=O) groups excluding carboxylic acids is 3. The summed E-state index contributed by atoms with van der Waals surface area (Å²) < 4.78 is 45.1. The third kappa shape index (κ3) is 13.1. The van der Waals surface area contributed by atoms with Gasteiger partial charge < -0.3 is 57.7 Å². The molecule has 2 aromatic carbocycles. The van der Waals surface area contributed by atoms with Crippen molar-refractivity contribution in [3.63, 3.8) is 0 Å². The molecule has 0 aliphatic carbocycles. The molecule has 4 aromatic rings. The molecule has 358 valence electrons. The van der Waals surface area contributed by atoms with Crippen LogP contribution in [0.4, 0.5) is 0 Å². The van der Waals surface area contributed by atoms with Gasteiger partial charge in [0.05, 0.1) is 24.7 Å². The lowest BCUT2D eigenvalue weighted by atomic mass is 9.97. The normalized spacial score (nSPS) is 28.5. The molecule has 1 fully saturated rings. The van der Waals surface area contributed by atoms with E-state index in [0.29, 0.717) is 45.4 Å². The number of ether oxygens (including phenoxy) is 6. The Morgan fingerprint density at radius 1 is 0.773 bits per heavy atom. The zero-order chi connectivity index (χ0) is 48.5. The minimum atomic E-state index is -1.56. The number of phenols is 1.